The molecule has 0 aliphatic carbocycles. The van der Waals surface area contributed by atoms with Crippen LogP contribution in [0.4, 0.5) is 22.0 Å². The number of benzene rings is 6. The van der Waals surface area contributed by atoms with Gasteiger partial charge in [-0.2, -0.15) is 23.4 Å². The van der Waals surface area contributed by atoms with Gasteiger partial charge in [-0.1, -0.05) is 100 Å². The number of amides is 1. The molecule has 0 saturated carbocycles. The Morgan fingerprint density at radius 2 is 1.00 bits per heavy atom. The van der Waals surface area contributed by atoms with Crippen molar-refractivity contribution in [2.45, 2.75) is 59.1 Å². The summed E-state index contributed by atoms with van der Waals surface area (Å²) in [6.07, 6.45) is -2.53. The van der Waals surface area contributed by atoms with E-state index in [4.69, 9.17) is 0 Å². The van der Waals surface area contributed by atoms with E-state index in [0.717, 1.165) is 55.4 Å². The minimum absolute atomic E-state index is 0.0446. The third-order valence-corrected chi connectivity index (χ3v) is 13.4. The molecule has 0 aliphatic heterocycles. The zero-order chi connectivity index (χ0) is 48.9. The van der Waals surface area contributed by atoms with Crippen molar-refractivity contribution in [1.29, 1.82) is 0 Å². The van der Waals surface area contributed by atoms with Gasteiger partial charge in [0.25, 0.3) is 0 Å². The lowest BCUT2D eigenvalue weighted by Gasteiger charge is -2.35. The van der Waals surface area contributed by atoms with Crippen molar-refractivity contribution < 1.29 is 35.2 Å². The maximum absolute atomic E-state index is 13.3. The molecule has 2 unspecified atom stereocenters. The smallest absolute Gasteiger partial charge is 0.355 e. The van der Waals surface area contributed by atoms with E-state index < -0.39 is 39.4 Å². The Hall–Kier alpha value is -6.71. The molecule has 0 fully saturated rings. The fourth-order valence-electron chi connectivity index (χ4n) is 8.69. The van der Waals surface area contributed by atoms with Gasteiger partial charge in [0.05, 0.1) is 40.6 Å². The second-order valence-corrected chi connectivity index (χ2v) is 20.3. The fraction of sp³-hybridized carbons (Fsp3) is 0.264. The van der Waals surface area contributed by atoms with Gasteiger partial charge in [0.1, 0.15) is 18.1 Å². The lowest BCUT2D eigenvalue weighted by atomic mass is 9.71. The highest BCUT2D eigenvalue weighted by Gasteiger charge is 2.36. The molecule has 354 valence electrons. The largest absolute Gasteiger partial charge is 0.397 e. The molecule has 8 aromatic rings. The van der Waals surface area contributed by atoms with Crippen molar-refractivity contribution in [3.63, 3.8) is 0 Å². The zero-order valence-corrected chi connectivity index (χ0v) is 39.1. The van der Waals surface area contributed by atoms with E-state index in [1.165, 1.54) is 24.3 Å². The van der Waals surface area contributed by atoms with Crippen LogP contribution in [0.1, 0.15) is 75.1 Å². The molecular weight excluding hydrogens is 896 g/mol. The number of fused-ring (bicyclic) bond motifs is 2. The highest BCUT2D eigenvalue weighted by molar-refractivity contribution is 7.89. The Balaban J connectivity index is 0.000000202. The monoisotopic (exact) mass is 948 g/mol. The third kappa shape index (κ3) is 11.9. The number of hydrogen-bond acceptors (Lipinski definition) is 5. The SMILES string of the molecule is CC(C)(CNC(=O)CC(F)(F)F)C(c1ccccc1)c1ccc2c(cnn2-c2ccc(F)cc2)c1.CCS(=O)(=O)NCC(C)(C)C(c1ccccc1)c1ccc2c(cnn2-c2ccc(F)cc2)c1. The average molecular weight is 949 g/mol. The van der Waals surface area contributed by atoms with Crippen molar-refractivity contribution in [2.75, 3.05) is 18.8 Å². The van der Waals surface area contributed by atoms with E-state index in [1.807, 2.05) is 86.6 Å². The van der Waals surface area contributed by atoms with Gasteiger partial charge in [0.15, 0.2) is 0 Å². The first-order valence-corrected chi connectivity index (χ1v) is 23.8. The van der Waals surface area contributed by atoms with Crippen LogP contribution in [0.2, 0.25) is 0 Å². The lowest BCUT2D eigenvalue weighted by molar-refractivity contribution is -0.154. The van der Waals surface area contributed by atoms with Crippen LogP contribution in [-0.4, -0.2) is 58.9 Å². The van der Waals surface area contributed by atoms with Crippen LogP contribution in [0.25, 0.3) is 33.2 Å². The van der Waals surface area contributed by atoms with Crippen LogP contribution >= 0.6 is 0 Å². The number of sulfonamides is 1. The quantitative estimate of drug-likeness (QED) is 0.0995. The molecule has 68 heavy (non-hydrogen) atoms. The van der Waals surface area contributed by atoms with Crippen LogP contribution in [-0.2, 0) is 14.8 Å². The van der Waals surface area contributed by atoms with Crippen LogP contribution in [0, 0.1) is 22.5 Å². The molecule has 0 aliphatic rings. The molecule has 0 bridgehead atoms. The van der Waals surface area contributed by atoms with Gasteiger partial charge in [-0.3, -0.25) is 4.79 Å². The van der Waals surface area contributed by atoms with E-state index in [-0.39, 0.29) is 35.8 Å². The van der Waals surface area contributed by atoms with Crippen molar-refractivity contribution >= 4 is 37.7 Å². The minimum Gasteiger partial charge on any atom is -0.355 e. The van der Waals surface area contributed by atoms with E-state index in [9.17, 15) is 35.2 Å². The molecule has 6 aromatic carbocycles. The summed E-state index contributed by atoms with van der Waals surface area (Å²) in [5, 5.41) is 13.3. The summed E-state index contributed by atoms with van der Waals surface area (Å²) in [6.45, 7) is 10.0. The Bertz CT molecular complexity index is 3080. The molecule has 9 nitrogen and oxygen atoms in total. The Morgan fingerprint density at radius 1 is 0.588 bits per heavy atom. The average Bonchev–Trinajstić information content (AvgIpc) is 3.93. The fourth-order valence-corrected chi connectivity index (χ4v) is 9.49. The van der Waals surface area contributed by atoms with Gasteiger partial charge in [-0.05, 0) is 113 Å². The molecule has 2 N–H and O–H groups in total. The molecule has 0 spiro atoms. The Kier molecular flexibility index (Phi) is 14.7. The summed E-state index contributed by atoms with van der Waals surface area (Å²) >= 11 is 0. The molecule has 2 aromatic heterocycles. The summed E-state index contributed by atoms with van der Waals surface area (Å²) in [5.74, 6) is -1.88. The molecule has 8 rings (SSSR count). The van der Waals surface area contributed by atoms with Gasteiger partial charge in [-0.25, -0.2) is 31.3 Å². The highest BCUT2D eigenvalue weighted by Crippen LogP contribution is 2.43. The number of rotatable bonds is 15. The van der Waals surface area contributed by atoms with Gasteiger partial charge in [-0.15, -0.1) is 0 Å². The molecule has 1 amide bonds. The van der Waals surface area contributed by atoms with Crippen LogP contribution < -0.4 is 10.0 Å². The van der Waals surface area contributed by atoms with Gasteiger partial charge in [0.2, 0.25) is 15.9 Å². The van der Waals surface area contributed by atoms with E-state index in [2.05, 4.69) is 58.3 Å². The second-order valence-electron chi connectivity index (χ2n) is 18.2. The summed E-state index contributed by atoms with van der Waals surface area (Å²) in [5.41, 5.74) is 6.37. The summed E-state index contributed by atoms with van der Waals surface area (Å²) in [7, 11) is -3.31. The van der Waals surface area contributed by atoms with Crippen LogP contribution in [0.3, 0.4) is 0 Å². The van der Waals surface area contributed by atoms with E-state index in [1.54, 1.807) is 52.9 Å². The number of nitrogens with zero attached hydrogens (tertiary/aromatic N) is 4. The summed E-state index contributed by atoms with van der Waals surface area (Å²) in [6, 6.07) is 44.1. The summed E-state index contributed by atoms with van der Waals surface area (Å²) < 4.78 is 95.1. The maximum atomic E-state index is 13.3. The predicted octanol–water partition coefficient (Wildman–Crippen LogP) is 11.7. The first kappa shape index (κ1) is 49.2. The first-order valence-electron chi connectivity index (χ1n) is 22.1. The highest BCUT2D eigenvalue weighted by atomic mass is 32.2. The molecule has 2 atom stereocenters. The normalized spacial score (nSPS) is 13.2. The lowest BCUT2D eigenvalue weighted by Crippen LogP contribution is -2.39. The van der Waals surface area contributed by atoms with Crippen molar-refractivity contribution in [3.8, 4) is 11.4 Å². The summed E-state index contributed by atoms with van der Waals surface area (Å²) in [4.78, 5) is 11.9. The molecule has 2 heterocycles. The Labute approximate surface area is 393 Å². The standard InChI is InChI=1S/C27H25F4N3O.C26H28FN3O2S/c1-26(2,17-32-24(35)15-27(29,30)31)25(18-6-4-3-5-7-18)19-8-13-23-20(14-19)16-33-34(23)22-11-9-21(28)10-12-22;1-4-33(31,32)29-18-26(2,3)25(19-8-6-5-7-9-19)20-10-15-24-21(16-20)17-28-30(24)23-13-11-22(27)12-14-23/h3-14,16,25H,15,17H2,1-2H3,(H,32,35);5-17,25,29H,4,18H2,1-3H3. The first-order chi connectivity index (χ1) is 32.2. The number of halogens is 5. The van der Waals surface area contributed by atoms with Crippen LogP contribution in [0.15, 0.2) is 158 Å². The van der Waals surface area contributed by atoms with Crippen molar-refractivity contribution in [3.05, 3.63) is 192 Å². The minimum atomic E-state index is -4.55. The van der Waals surface area contributed by atoms with Crippen molar-refractivity contribution in [2.24, 2.45) is 10.8 Å². The Morgan fingerprint density at radius 3 is 1.40 bits per heavy atom. The maximum Gasteiger partial charge on any atom is 0.397 e. The van der Waals surface area contributed by atoms with E-state index >= 15 is 0 Å². The number of alkyl halides is 3. The van der Waals surface area contributed by atoms with Crippen molar-refractivity contribution in [1.82, 2.24) is 29.6 Å². The molecule has 15 heteroatoms. The van der Waals surface area contributed by atoms with Crippen LogP contribution in [0.5, 0.6) is 0 Å². The molecule has 0 radical (unpaired) electrons. The predicted molar refractivity (Wildman–Crippen MR) is 257 cm³/mol. The number of nitrogens with one attached hydrogen (secondary N) is 2. The molecular formula is C53H53F5N6O3S. The zero-order valence-electron chi connectivity index (χ0n) is 38.3. The van der Waals surface area contributed by atoms with Gasteiger partial charge >= 0.3 is 6.18 Å². The van der Waals surface area contributed by atoms with Gasteiger partial charge < -0.3 is 5.32 Å². The number of aromatic nitrogens is 4. The van der Waals surface area contributed by atoms with E-state index in [0.29, 0.717) is 6.54 Å². The van der Waals surface area contributed by atoms with Gasteiger partial charge in [0, 0.05) is 35.7 Å². The number of carbonyl (C=O) groups is 1. The third-order valence-electron chi connectivity index (χ3n) is 12.1. The number of carbonyl (C=O) groups excluding carboxylic acids is 1. The topological polar surface area (TPSA) is 111 Å². The second kappa shape index (κ2) is 20.3. The molecule has 0 saturated heterocycles. The number of hydrogen-bond donors (Lipinski definition) is 2.